The zero-order chi connectivity index (χ0) is 10.1. The van der Waals surface area contributed by atoms with E-state index < -0.39 is 0 Å². The summed E-state index contributed by atoms with van der Waals surface area (Å²) < 4.78 is 13.9. The van der Waals surface area contributed by atoms with Gasteiger partial charge in [-0.15, -0.1) is 0 Å². The molecule has 1 aliphatic heterocycles. The molecule has 0 bridgehead atoms. The van der Waals surface area contributed by atoms with Crippen LogP contribution in [0.4, 0.5) is 10.1 Å². The van der Waals surface area contributed by atoms with Crippen molar-refractivity contribution in [3.63, 3.8) is 0 Å². The average Bonchev–Trinajstić information content (AvgIpc) is 2.52. The summed E-state index contributed by atoms with van der Waals surface area (Å²) in [5.74, 6) is -0.148. The Morgan fingerprint density at radius 3 is 2.86 bits per heavy atom. The number of hydrogen-bond donors (Lipinski definition) is 0. The molecule has 0 aromatic heterocycles. The van der Waals surface area contributed by atoms with Gasteiger partial charge in [-0.25, -0.2) is 4.39 Å². The van der Waals surface area contributed by atoms with E-state index in [-0.39, 0.29) is 5.82 Å². The van der Waals surface area contributed by atoms with Crippen LogP contribution in [0.15, 0.2) is 18.2 Å². The summed E-state index contributed by atoms with van der Waals surface area (Å²) in [6.45, 7) is 3.33. The van der Waals surface area contributed by atoms with Crippen molar-refractivity contribution in [3.8, 4) is 0 Å². The summed E-state index contributed by atoms with van der Waals surface area (Å²) in [6.07, 6.45) is 2.49. The van der Waals surface area contributed by atoms with Gasteiger partial charge in [0, 0.05) is 16.2 Å². The van der Waals surface area contributed by atoms with E-state index in [0.29, 0.717) is 6.04 Å². The van der Waals surface area contributed by atoms with Gasteiger partial charge in [0.1, 0.15) is 5.82 Å². The van der Waals surface area contributed by atoms with Gasteiger partial charge in [0.05, 0.1) is 5.69 Å². The molecule has 1 aromatic carbocycles. The van der Waals surface area contributed by atoms with Crippen LogP contribution in [-0.2, 0) is 0 Å². The molecule has 0 radical (unpaired) electrons. The lowest BCUT2D eigenvalue weighted by Gasteiger charge is -2.24. The van der Waals surface area contributed by atoms with Crippen LogP contribution in [0.2, 0.25) is 0 Å². The molecule has 3 heteroatoms. The molecule has 1 saturated heterocycles. The molecule has 1 aromatic rings. The van der Waals surface area contributed by atoms with Crippen molar-refractivity contribution in [1.82, 2.24) is 0 Å². The van der Waals surface area contributed by atoms with Crippen LogP contribution in [0, 0.1) is 9.39 Å². The second kappa shape index (κ2) is 4.04. The molecule has 0 saturated carbocycles. The molecule has 1 aliphatic rings. The van der Waals surface area contributed by atoms with E-state index in [4.69, 9.17) is 0 Å². The maximum absolute atomic E-state index is 12.9. The highest BCUT2D eigenvalue weighted by Gasteiger charge is 2.21. The van der Waals surface area contributed by atoms with Crippen molar-refractivity contribution < 1.29 is 4.39 Å². The fourth-order valence-electron chi connectivity index (χ4n) is 2.01. The maximum atomic E-state index is 12.9. The van der Waals surface area contributed by atoms with E-state index in [1.165, 1.54) is 18.5 Å². The molecule has 0 amide bonds. The molecule has 0 aliphatic carbocycles. The van der Waals surface area contributed by atoms with Crippen LogP contribution < -0.4 is 4.90 Å². The summed E-state index contributed by atoms with van der Waals surface area (Å²) in [6, 6.07) is 5.62. The van der Waals surface area contributed by atoms with Crippen molar-refractivity contribution >= 4 is 28.3 Å². The Bertz CT molecular complexity index is 340. The third-order valence-corrected chi connectivity index (χ3v) is 3.64. The second-order valence-corrected chi connectivity index (χ2v) is 4.94. The third-order valence-electron chi connectivity index (χ3n) is 2.77. The number of benzene rings is 1. The molecule has 0 N–H and O–H groups in total. The lowest BCUT2D eigenvalue weighted by Crippen LogP contribution is -2.26. The molecule has 1 heterocycles. The summed E-state index contributed by atoms with van der Waals surface area (Å²) >= 11 is 2.20. The van der Waals surface area contributed by atoms with Crippen molar-refractivity contribution in [1.29, 1.82) is 0 Å². The molecular formula is C11H13FIN. The van der Waals surface area contributed by atoms with Gasteiger partial charge in [-0.2, -0.15) is 0 Å². The standard InChI is InChI=1S/C11H13FIN/c1-8-3-2-6-14(8)11-5-4-9(12)7-10(11)13/h4-5,7-8H,2-3,6H2,1H3. The number of rotatable bonds is 1. The summed E-state index contributed by atoms with van der Waals surface area (Å²) in [5.41, 5.74) is 1.18. The first-order valence-corrected chi connectivity index (χ1v) is 5.98. The molecule has 2 rings (SSSR count). The fourth-order valence-corrected chi connectivity index (χ4v) is 2.79. The number of hydrogen-bond acceptors (Lipinski definition) is 1. The van der Waals surface area contributed by atoms with Crippen LogP contribution in [-0.4, -0.2) is 12.6 Å². The van der Waals surface area contributed by atoms with Crippen LogP contribution in [0.3, 0.4) is 0 Å². The maximum Gasteiger partial charge on any atom is 0.124 e. The minimum absolute atomic E-state index is 0.148. The SMILES string of the molecule is CC1CCCN1c1ccc(F)cc1I. The number of anilines is 1. The first kappa shape index (κ1) is 10.2. The lowest BCUT2D eigenvalue weighted by molar-refractivity contribution is 0.626. The first-order chi connectivity index (χ1) is 6.68. The summed E-state index contributed by atoms with van der Waals surface area (Å²) in [4.78, 5) is 2.36. The average molecular weight is 305 g/mol. The molecule has 0 spiro atoms. The Kier molecular flexibility index (Phi) is 2.95. The highest BCUT2D eigenvalue weighted by atomic mass is 127. The minimum Gasteiger partial charge on any atom is -0.368 e. The second-order valence-electron chi connectivity index (χ2n) is 3.78. The van der Waals surface area contributed by atoms with Crippen molar-refractivity contribution in [2.45, 2.75) is 25.8 Å². The van der Waals surface area contributed by atoms with Gasteiger partial charge in [-0.1, -0.05) is 0 Å². The Hall–Kier alpha value is -0.320. The molecule has 14 heavy (non-hydrogen) atoms. The topological polar surface area (TPSA) is 3.24 Å². The predicted molar refractivity (Wildman–Crippen MR) is 65.2 cm³/mol. The fraction of sp³-hybridized carbons (Fsp3) is 0.455. The first-order valence-electron chi connectivity index (χ1n) is 4.90. The Morgan fingerprint density at radius 1 is 1.50 bits per heavy atom. The highest BCUT2D eigenvalue weighted by Crippen LogP contribution is 2.29. The minimum atomic E-state index is -0.148. The van der Waals surface area contributed by atoms with Gasteiger partial charge >= 0.3 is 0 Å². The zero-order valence-electron chi connectivity index (χ0n) is 8.13. The Morgan fingerprint density at radius 2 is 2.29 bits per heavy atom. The largest absolute Gasteiger partial charge is 0.368 e. The van der Waals surface area contributed by atoms with Crippen LogP contribution in [0.25, 0.3) is 0 Å². The Labute approximate surface area is 97.4 Å². The van der Waals surface area contributed by atoms with E-state index in [1.54, 1.807) is 12.1 Å². The van der Waals surface area contributed by atoms with Gasteiger partial charge in [-0.3, -0.25) is 0 Å². The molecule has 1 fully saturated rings. The number of nitrogens with zero attached hydrogens (tertiary/aromatic N) is 1. The van der Waals surface area contributed by atoms with E-state index >= 15 is 0 Å². The molecule has 1 unspecified atom stereocenters. The van der Waals surface area contributed by atoms with Crippen molar-refractivity contribution in [3.05, 3.63) is 27.6 Å². The zero-order valence-corrected chi connectivity index (χ0v) is 10.3. The van der Waals surface area contributed by atoms with Crippen molar-refractivity contribution in [2.75, 3.05) is 11.4 Å². The van der Waals surface area contributed by atoms with Crippen LogP contribution in [0.1, 0.15) is 19.8 Å². The van der Waals surface area contributed by atoms with E-state index in [2.05, 4.69) is 34.4 Å². The predicted octanol–water partition coefficient (Wildman–Crippen LogP) is 3.42. The van der Waals surface area contributed by atoms with Gasteiger partial charge in [0.2, 0.25) is 0 Å². The van der Waals surface area contributed by atoms with Crippen LogP contribution in [0.5, 0.6) is 0 Å². The molecule has 76 valence electrons. The van der Waals surface area contributed by atoms with Gasteiger partial charge in [0.25, 0.3) is 0 Å². The monoisotopic (exact) mass is 305 g/mol. The van der Waals surface area contributed by atoms with Crippen molar-refractivity contribution in [2.24, 2.45) is 0 Å². The number of halogens is 2. The van der Waals surface area contributed by atoms with Gasteiger partial charge in [0.15, 0.2) is 0 Å². The van der Waals surface area contributed by atoms with E-state index in [0.717, 1.165) is 10.1 Å². The molecular weight excluding hydrogens is 292 g/mol. The quantitative estimate of drug-likeness (QED) is 0.719. The van der Waals surface area contributed by atoms with E-state index in [1.807, 2.05) is 6.07 Å². The smallest absolute Gasteiger partial charge is 0.124 e. The van der Waals surface area contributed by atoms with Gasteiger partial charge in [-0.05, 0) is 60.6 Å². The Balaban J connectivity index is 2.31. The third kappa shape index (κ3) is 1.87. The van der Waals surface area contributed by atoms with Gasteiger partial charge < -0.3 is 4.90 Å². The lowest BCUT2D eigenvalue weighted by atomic mass is 10.2. The van der Waals surface area contributed by atoms with E-state index in [9.17, 15) is 4.39 Å². The van der Waals surface area contributed by atoms with Crippen LogP contribution >= 0.6 is 22.6 Å². The highest BCUT2D eigenvalue weighted by molar-refractivity contribution is 14.1. The molecule has 1 atom stereocenters. The summed E-state index contributed by atoms with van der Waals surface area (Å²) in [5, 5.41) is 0. The normalized spacial score (nSPS) is 21.6. The summed E-state index contributed by atoms with van der Waals surface area (Å²) in [7, 11) is 0. The molecule has 1 nitrogen and oxygen atoms in total.